The summed E-state index contributed by atoms with van der Waals surface area (Å²) in [6.07, 6.45) is 5.59. The molecule has 0 saturated heterocycles. The number of aliphatic imine (C=N–C) groups is 2. The Balaban J connectivity index is -0.000000179. The maximum Gasteiger partial charge on any atom is 0.194 e. The molecule has 2 aromatic rings. The SMILES string of the molecule is C/C=C(\C(=O)C(C)(C)C)c1nsc(C)n1.CC(=O)C(C)(C)C.CC(=O)C(C)C.CC(=O)C(C)C(=O)C(C)(C)C.CC(C)C(=O)C(C)(C)C.CC=C(C)C(=O)C(C)(C)C.CN=C(C(=O)C(C)(C)C)c1nsc(C)n1.CN=C(C)C(=O)C(C)(C)C.CSCC(=O)C(C)(C)C. The zero-order chi connectivity index (χ0) is 75.6. The Morgan fingerprint density at radius 2 is 0.783 bits per heavy atom. The summed E-state index contributed by atoms with van der Waals surface area (Å²) >= 11 is 4.19. The van der Waals surface area contributed by atoms with Crippen molar-refractivity contribution in [3.63, 3.8) is 0 Å². The van der Waals surface area contributed by atoms with E-state index in [0.29, 0.717) is 46.0 Å². The highest BCUT2D eigenvalue weighted by Crippen LogP contribution is 2.27. The molecule has 530 valence electrons. The number of carbonyl (C=O) groups is 10. The van der Waals surface area contributed by atoms with Crippen LogP contribution in [-0.2, 0) is 47.9 Å². The molecule has 2 aromatic heterocycles. The summed E-state index contributed by atoms with van der Waals surface area (Å²) in [6, 6.07) is 0. The van der Waals surface area contributed by atoms with Crippen LogP contribution in [0, 0.1) is 74.9 Å². The van der Waals surface area contributed by atoms with Crippen molar-refractivity contribution < 1.29 is 47.9 Å². The van der Waals surface area contributed by atoms with E-state index in [1.165, 1.54) is 30.0 Å². The Morgan fingerprint density at radius 1 is 0.446 bits per heavy atom. The summed E-state index contributed by atoms with van der Waals surface area (Å²) in [5.41, 5.74) is 0.246. The van der Waals surface area contributed by atoms with E-state index in [1.54, 1.807) is 59.6 Å². The summed E-state index contributed by atoms with van der Waals surface area (Å²) in [4.78, 5) is 128. The van der Waals surface area contributed by atoms with Crippen LogP contribution in [0.15, 0.2) is 27.7 Å². The lowest BCUT2D eigenvalue weighted by Gasteiger charge is -2.19. The van der Waals surface area contributed by atoms with E-state index in [1.807, 2.05) is 241 Å². The van der Waals surface area contributed by atoms with E-state index < -0.39 is 16.7 Å². The summed E-state index contributed by atoms with van der Waals surface area (Å²) < 4.78 is 8.26. The van der Waals surface area contributed by atoms with Gasteiger partial charge in [-0.15, -0.1) is 0 Å². The molecule has 0 saturated carbocycles. The first-order valence-corrected chi connectivity index (χ1v) is 34.3. The van der Waals surface area contributed by atoms with Gasteiger partial charge in [-0.3, -0.25) is 57.9 Å². The molecule has 0 aliphatic heterocycles. The molecule has 0 bridgehead atoms. The quantitative estimate of drug-likeness (QED) is 0.109. The molecule has 2 rings (SSSR count). The molecule has 0 aliphatic carbocycles. The van der Waals surface area contributed by atoms with Crippen LogP contribution in [0.5, 0.6) is 0 Å². The largest absolute Gasteiger partial charge is 0.300 e. The number of allylic oxidation sites excluding steroid dienone is 4. The predicted molar refractivity (Wildman–Crippen MR) is 394 cm³/mol. The van der Waals surface area contributed by atoms with Crippen LogP contribution >= 0.6 is 34.8 Å². The van der Waals surface area contributed by atoms with Gasteiger partial charge < -0.3 is 0 Å². The lowest BCUT2D eigenvalue weighted by molar-refractivity contribution is -0.136. The second kappa shape index (κ2) is 44.6. The number of nitrogens with zero attached hydrogens (tertiary/aromatic N) is 6. The first-order chi connectivity index (χ1) is 40.7. The summed E-state index contributed by atoms with van der Waals surface area (Å²) in [7, 11) is 3.23. The van der Waals surface area contributed by atoms with Crippen molar-refractivity contribution in [1.29, 1.82) is 0 Å². The van der Waals surface area contributed by atoms with Crippen molar-refractivity contribution in [2.75, 3.05) is 26.1 Å². The van der Waals surface area contributed by atoms with Crippen molar-refractivity contribution in [3.8, 4) is 0 Å². The maximum absolute atomic E-state index is 12.1. The fourth-order valence-corrected chi connectivity index (χ4v) is 7.30. The smallest absolute Gasteiger partial charge is 0.194 e. The highest BCUT2D eigenvalue weighted by atomic mass is 32.2. The molecule has 92 heavy (non-hydrogen) atoms. The molecule has 1 atom stereocenters. The van der Waals surface area contributed by atoms with Gasteiger partial charge in [0.2, 0.25) is 0 Å². The number of Topliss-reactive ketones (excluding diaryl/α,β-unsaturated/α-hetero) is 10. The van der Waals surface area contributed by atoms with Crippen LogP contribution in [-0.4, -0.2) is 114 Å². The van der Waals surface area contributed by atoms with Crippen molar-refractivity contribution in [2.45, 2.75) is 263 Å². The molecule has 0 amide bonds. The van der Waals surface area contributed by atoms with Gasteiger partial charge in [0.25, 0.3) is 0 Å². The molecule has 16 nitrogen and oxygen atoms in total. The van der Waals surface area contributed by atoms with E-state index in [-0.39, 0.29) is 90.6 Å². The minimum Gasteiger partial charge on any atom is -0.300 e. The first-order valence-electron chi connectivity index (χ1n) is 31.3. The van der Waals surface area contributed by atoms with Gasteiger partial charge in [0, 0.05) is 69.3 Å². The second-order valence-corrected chi connectivity index (χ2v) is 33.8. The Morgan fingerprint density at radius 3 is 0.924 bits per heavy atom. The molecular weight excluding hydrogens is 1220 g/mol. The molecule has 1 unspecified atom stereocenters. The number of ketones is 10. The van der Waals surface area contributed by atoms with Gasteiger partial charge >= 0.3 is 0 Å². The lowest BCUT2D eigenvalue weighted by Crippen LogP contribution is -2.30. The number of aryl methyl sites for hydroxylation is 2. The second-order valence-electron chi connectivity index (χ2n) is 31.0. The molecular formula is C73H130N6O10S3. The molecule has 0 fully saturated rings. The first kappa shape index (κ1) is 101. The Labute approximate surface area is 572 Å². The number of rotatable bonds is 12. The van der Waals surface area contributed by atoms with Crippen molar-refractivity contribution in [2.24, 2.45) is 71.1 Å². The van der Waals surface area contributed by atoms with Gasteiger partial charge in [-0.1, -0.05) is 206 Å². The van der Waals surface area contributed by atoms with Crippen LogP contribution in [0.1, 0.15) is 271 Å². The normalized spacial score (nSPS) is 12.7. The minimum absolute atomic E-state index is 0.0185. The standard InChI is InChI=1S/C11H16N2OS.C10H15N3OS.C9H16O2.C9H16O.C8H15NO.C8H16O.C7H14OS.C6H12O.C5H10O/c1-6-8(9(14)11(3,4)5)10-12-7(2)15-13-10;1-6-12-9(13-15-6)7(11-5)8(14)10(2,3)4;1-6(7(2)10)8(11)9(3,4)5;1-6-7(2)8(10)9(3,4)5;1-6(9-5)7(10)8(2,3)4;1-6(2)7(9)8(3,4)5;1-7(2,3)6(8)5-9-4;1-5(7)6(2,3)4;1-4(2)5(3)6/h6H,1-5H3;1-5H3;6H,1-5H3;6H,1-5H3;1-5H3;6H,1-5H3;5H2,1-4H3;1-4H3;4H,1-3H3/b8-6+;;;;;;;;. The van der Waals surface area contributed by atoms with Gasteiger partial charge in [0.05, 0.1) is 23.0 Å². The van der Waals surface area contributed by atoms with Gasteiger partial charge in [0.15, 0.2) is 34.8 Å². The van der Waals surface area contributed by atoms with Crippen LogP contribution in [0.4, 0.5) is 0 Å². The van der Waals surface area contributed by atoms with E-state index in [0.717, 1.165) is 15.6 Å². The summed E-state index contributed by atoms with van der Waals surface area (Å²) in [5, 5.41) is 1.72. The van der Waals surface area contributed by atoms with Crippen LogP contribution in [0.3, 0.4) is 0 Å². The molecule has 0 radical (unpaired) electrons. The highest BCUT2D eigenvalue weighted by molar-refractivity contribution is 7.99. The van der Waals surface area contributed by atoms with Crippen LogP contribution < -0.4 is 0 Å². The Bertz CT molecular complexity index is 2670. The third kappa shape index (κ3) is 47.8. The average molecular weight is 1350 g/mol. The third-order valence-corrected chi connectivity index (χ3v) is 14.4. The van der Waals surface area contributed by atoms with Crippen LogP contribution in [0.2, 0.25) is 0 Å². The van der Waals surface area contributed by atoms with E-state index >= 15 is 0 Å². The van der Waals surface area contributed by atoms with Crippen molar-refractivity contribution in [3.05, 3.63) is 39.4 Å². The Hall–Kier alpha value is -5.01. The third-order valence-electron chi connectivity index (χ3n) is 12.6. The fraction of sp³-hybridized carbons (Fsp3) is 0.726. The number of hydrogen-bond acceptors (Lipinski definition) is 19. The number of thioether (sulfide) groups is 1. The molecule has 0 N–H and O–H groups in total. The molecule has 2 heterocycles. The van der Waals surface area contributed by atoms with E-state index in [2.05, 4.69) is 28.7 Å². The van der Waals surface area contributed by atoms with Crippen LogP contribution in [0.25, 0.3) is 5.57 Å². The van der Waals surface area contributed by atoms with Gasteiger partial charge in [-0.05, 0) is 104 Å². The summed E-state index contributed by atoms with van der Waals surface area (Å²) in [5.74, 6) is 3.12. The van der Waals surface area contributed by atoms with E-state index in [9.17, 15) is 47.9 Å². The van der Waals surface area contributed by atoms with Crippen molar-refractivity contribution >= 4 is 110 Å². The zero-order valence-corrected chi connectivity index (χ0v) is 68.0. The number of aromatic nitrogens is 4. The molecule has 0 aromatic carbocycles. The number of carbonyl (C=O) groups excluding carboxylic acids is 10. The summed E-state index contributed by atoms with van der Waals surface area (Å²) in [6.45, 7) is 70.8. The number of hydrogen-bond donors (Lipinski definition) is 0. The zero-order valence-electron chi connectivity index (χ0n) is 65.6. The molecule has 0 spiro atoms. The Kier molecular flexibility index (Phi) is 48.8. The predicted octanol–water partition coefficient (Wildman–Crippen LogP) is 17.9. The van der Waals surface area contributed by atoms with Gasteiger partial charge in [0.1, 0.15) is 50.4 Å². The van der Waals surface area contributed by atoms with Gasteiger partial charge in [-0.2, -0.15) is 20.5 Å². The highest BCUT2D eigenvalue weighted by Gasteiger charge is 2.31. The van der Waals surface area contributed by atoms with E-state index in [4.69, 9.17) is 0 Å². The average Bonchev–Trinajstić information content (AvgIpc) is 1.72. The monoisotopic (exact) mass is 1350 g/mol. The molecule has 0 aliphatic rings. The van der Waals surface area contributed by atoms with Gasteiger partial charge in [-0.25, -0.2) is 9.97 Å². The maximum atomic E-state index is 12.1. The minimum atomic E-state index is -0.450. The van der Waals surface area contributed by atoms with Crippen molar-refractivity contribution in [1.82, 2.24) is 18.7 Å². The molecule has 19 heteroatoms. The lowest BCUT2D eigenvalue weighted by atomic mass is 9.82. The topological polar surface area (TPSA) is 247 Å². The fourth-order valence-electron chi connectivity index (χ4n) is 5.64.